The van der Waals surface area contributed by atoms with Crippen LogP contribution in [0.4, 0.5) is 0 Å². The van der Waals surface area contributed by atoms with Gasteiger partial charge in [0.1, 0.15) is 5.75 Å². The first kappa shape index (κ1) is 16.6. The maximum atomic E-state index is 11.2. The molecule has 20 heavy (non-hydrogen) atoms. The van der Waals surface area contributed by atoms with E-state index in [2.05, 4.69) is 47.7 Å². The van der Waals surface area contributed by atoms with E-state index in [0.717, 1.165) is 8.95 Å². The monoisotopic (exact) mass is 405 g/mol. The molecule has 108 valence electrons. The Kier molecular flexibility index (Phi) is 6.66. The minimum atomic E-state index is -0.837. The predicted octanol–water partition coefficient (Wildman–Crippen LogP) is 1.81. The number of amides is 2. The van der Waals surface area contributed by atoms with Gasteiger partial charge in [0, 0.05) is 17.1 Å². The number of hydrazone groups is 1. The Labute approximate surface area is 133 Å². The summed E-state index contributed by atoms with van der Waals surface area (Å²) in [6.07, 6.45) is 1.40. The van der Waals surface area contributed by atoms with Crippen molar-refractivity contribution in [2.45, 2.75) is 6.92 Å². The maximum Gasteiger partial charge on any atom is 0.329 e. The fraction of sp³-hybridized carbons (Fsp3) is 0.250. The van der Waals surface area contributed by atoms with E-state index in [-0.39, 0.29) is 0 Å². The molecule has 6 nitrogen and oxygen atoms in total. The molecule has 8 heteroatoms. The Hall–Kier alpha value is -1.41. The molecule has 1 rings (SSSR count). The minimum Gasteiger partial charge on any atom is -0.492 e. The Morgan fingerprint density at radius 3 is 2.65 bits per heavy atom. The van der Waals surface area contributed by atoms with Gasteiger partial charge >= 0.3 is 11.8 Å². The van der Waals surface area contributed by atoms with Crippen molar-refractivity contribution in [1.82, 2.24) is 10.7 Å². The highest BCUT2D eigenvalue weighted by Gasteiger charge is 2.10. The SMILES string of the molecule is CCOc1c(Br)cc(Br)cc1/C=N\NC(=O)C(=O)NC. The van der Waals surface area contributed by atoms with Crippen molar-refractivity contribution in [3.63, 3.8) is 0 Å². The van der Waals surface area contributed by atoms with Crippen LogP contribution in [-0.4, -0.2) is 31.7 Å². The summed E-state index contributed by atoms with van der Waals surface area (Å²) in [5.41, 5.74) is 2.78. The summed E-state index contributed by atoms with van der Waals surface area (Å²) in [6, 6.07) is 3.62. The van der Waals surface area contributed by atoms with Gasteiger partial charge in [0.05, 0.1) is 17.3 Å². The molecule has 0 aliphatic rings. The van der Waals surface area contributed by atoms with Gasteiger partial charge in [-0.3, -0.25) is 9.59 Å². The van der Waals surface area contributed by atoms with Crippen molar-refractivity contribution in [2.75, 3.05) is 13.7 Å². The van der Waals surface area contributed by atoms with Crippen LogP contribution in [0.1, 0.15) is 12.5 Å². The lowest BCUT2D eigenvalue weighted by molar-refractivity contribution is -0.138. The van der Waals surface area contributed by atoms with Gasteiger partial charge in [0.2, 0.25) is 0 Å². The van der Waals surface area contributed by atoms with Crippen molar-refractivity contribution in [3.8, 4) is 5.75 Å². The average molecular weight is 407 g/mol. The van der Waals surface area contributed by atoms with Gasteiger partial charge < -0.3 is 10.1 Å². The number of carbonyl (C=O) groups excluding carboxylic acids is 2. The molecule has 0 aromatic heterocycles. The third-order valence-electron chi connectivity index (χ3n) is 2.13. The molecule has 2 N–H and O–H groups in total. The first-order valence-electron chi connectivity index (χ1n) is 5.66. The number of likely N-dealkylation sites (N-methyl/N-ethyl adjacent to an activating group) is 1. The molecule has 0 spiro atoms. The second kappa shape index (κ2) is 8.01. The highest BCUT2D eigenvalue weighted by Crippen LogP contribution is 2.31. The number of nitrogens with one attached hydrogen (secondary N) is 2. The first-order valence-corrected chi connectivity index (χ1v) is 7.25. The number of halogens is 2. The second-order valence-electron chi connectivity index (χ2n) is 3.52. The molecule has 0 aliphatic carbocycles. The number of benzene rings is 1. The van der Waals surface area contributed by atoms with Crippen LogP contribution < -0.4 is 15.5 Å². The van der Waals surface area contributed by atoms with E-state index < -0.39 is 11.8 Å². The molecule has 0 atom stereocenters. The number of ether oxygens (including phenoxy) is 1. The van der Waals surface area contributed by atoms with Crippen LogP contribution in [0.2, 0.25) is 0 Å². The average Bonchev–Trinajstić information content (AvgIpc) is 2.41. The third-order valence-corrected chi connectivity index (χ3v) is 3.18. The quantitative estimate of drug-likeness (QED) is 0.454. The lowest BCUT2D eigenvalue weighted by Crippen LogP contribution is -2.35. The molecule has 1 aromatic carbocycles. The van der Waals surface area contributed by atoms with Gasteiger partial charge in [-0.2, -0.15) is 5.10 Å². The van der Waals surface area contributed by atoms with Crippen LogP contribution >= 0.6 is 31.9 Å². The van der Waals surface area contributed by atoms with Crippen LogP contribution in [-0.2, 0) is 9.59 Å². The molecule has 0 bridgehead atoms. The number of carbonyl (C=O) groups is 2. The van der Waals surface area contributed by atoms with Crippen LogP contribution in [0, 0.1) is 0 Å². The summed E-state index contributed by atoms with van der Waals surface area (Å²) in [5.74, 6) is -0.994. The molecule has 2 amide bonds. The second-order valence-corrected chi connectivity index (χ2v) is 5.29. The number of hydrogen-bond acceptors (Lipinski definition) is 4. The van der Waals surface area contributed by atoms with Gasteiger partial charge in [-0.1, -0.05) is 15.9 Å². The van der Waals surface area contributed by atoms with Crippen LogP contribution in [0.25, 0.3) is 0 Å². The smallest absolute Gasteiger partial charge is 0.329 e. The number of nitrogens with zero attached hydrogens (tertiary/aromatic N) is 1. The van der Waals surface area contributed by atoms with Crippen LogP contribution in [0.15, 0.2) is 26.2 Å². The van der Waals surface area contributed by atoms with E-state index in [1.807, 2.05) is 13.0 Å². The van der Waals surface area contributed by atoms with E-state index in [9.17, 15) is 9.59 Å². The summed E-state index contributed by atoms with van der Waals surface area (Å²) in [4.78, 5) is 22.2. The maximum absolute atomic E-state index is 11.2. The normalized spacial score (nSPS) is 10.4. The fourth-order valence-electron chi connectivity index (χ4n) is 1.30. The molecule has 0 heterocycles. The number of hydrogen-bond donors (Lipinski definition) is 2. The summed E-state index contributed by atoms with van der Waals surface area (Å²) in [6.45, 7) is 2.36. The first-order chi connectivity index (χ1) is 9.49. The summed E-state index contributed by atoms with van der Waals surface area (Å²) >= 11 is 6.74. The molecule has 0 radical (unpaired) electrons. The zero-order valence-electron chi connectivity index (χ0n) is 10.9. The van der Waals surface area contributed by atoms with Crippen molar-refractivity contribution in [3.05, 3.63) is 26.6 Å². The standard InChI is InChI=1S/C12H13Br2N3O3/c1-3-20-10-7(4-8(13)5-9(10)14)6-16-17-12(19)11(18)15-2/h4-6H,3H2,1-2H3,(H,15,18)(H,17,19)/b16-6-. The van der Waals surface area contributed by atoms with E-state index in [0.29, 0.717) is 17.9 Å². The van der Waals surface area contributed by atoms with Gasteiger partial charge in [0.25, 0.3) is 0 Å². The van der Waals surface area contributed by atoms with E-state index in [4.69, 9.17) is 4.74 Å². The van der Waals surface area contributed by atoms with Crippen molar-refractivity contribution < 1.29 is 14.3 Å². The van der Waals surface area contributed by atoms with Gasteiger partial charge in [-0.05, 0) is 35.0 Å². The molecule has 0 saturated heterocycles. The van der Waals surface area contributed by atoms with E-state index in [1.54, 1.807) is 6.07 Å². The van der Waals surface area contributed by atoms with E-state index >= 15 is 0 Å². The van der Waals surface area contributed by atoms with Gasteiger partial charge in [-0.25, -0.2) is 5.43 Å². The van der Waals surface area contributed by atoms with Crippen molar-refractivity contribution in [1.29, 1.82) is 0 Å². The largest absolute Gasteiger partial charge is 0.492 e. The molecule has 1 aromatic rings. The lowest BCUT2D eigenvalue weighted by Gasteiger charge is -2.09. The Balaban J connectivity index is 2.91. The molecule has 0 fully saturated rings. The van der Waals surface area contributed by atoms with Crippen molar-refractivity contribution >= 4 is 49.9 Å². The van der Waals surface area contributed by atoms with E-state index in [1.165, 1.54) is 13.3 Å². The van der Waals surface area contributed by atoms with Crippen molar-refractivity contribution in [2.24, 2.45) is 5.10 Å². The Morgan fingerprint density at radius 1 is 1.35 bits per heavy atom. The molecular weight excluding hydrogens is 394 g/mol. The topological polar surface area (TPSA) is 79.8 Å². The van der Waals surface area contributed by atoms with Crippen LogP contribution in [0.5, 0.6) is 5.75 Å². The lowest BCUT2D eigenvalue weighted by atomic mass is 10.2. The predicted molar refractivity (Wildman–Crippen MR) is 82.8 cm³/mol. The highest BCUT2D eigenvalue weighted by atomic mass is 79.9. The fourth-order valence-corrected chi connectivity index (χ4v) is 2.67. The molecular formula is C12H13Br2N3O3. The number of rotatable bonds is 4. The summed E-state index contributed by atoms with van der Waals surface area (Å²) in [5, 5.41) is 5.93. The zero-order valence-corrected chi connectivity index (χ0v) is 14.0. The molecule has 0 aliphatic heterocycles. The van der Waals surface area contributed by atoms with Crippen LogP contribution in [0.3, 0.4) is 0 Å². The zero-order chi connectivity index (χ0) is 15.1. The Morgan fingerprint density at radius 2 is 2.05 bits per heavy atom. The highest BCUT2D eigenvalue weighted by molar-refractivity contribution is 9.11. The summed E-state index contributed by atoms with van der Waals surface area (Å²) in [7, 11) is 1.37. The molecule has 0 saturated carbocycles. The Bertz CT molecular complexity index is 547. The molecule has 0 unspecified atom stereocenters. The minimum absolute atomic E-state index is 0.492. The van der Waals surface area contributed by atoms with Gasteiger partial charge in [0.15, 0.2) is 0 Å². The third kappa shape index (κ3) is 4.61. The van der Waals surface area contributed by atoms with Gasteiger partial charge in [-0.15, -0.1) is 0 Å². The summed E-state index contributed by atoms with van der Waals surface area (Å²) < 4.78 is 7.08.